The zero-order valence-corrected chi connectivity index (χ0v) is 15.3. The van der Waals surface area contributed by atoms with E-state index in [1.807, 2.05) is 12.1 Å². The number of rotatable bonds is 7. The van der Waals surface area contributed by atoms with Crippen LogP contribution >= 0.6 is 0 Å². The molecule has 1 aromatic heterocycles. The first kappa shape index (κ1) is 18.0. The molecule has 7 nitrogen and oxygen atoms in total. The Morgan fingerprint density at radius 2 is 1.86 bits per heavy atom. The molecule has 3 aromatic rings. The van der Waals surface area contributed by atoms with Crippen LogP contribution in [0, 0.1) is 0 Å². The molecule has 1 saturated carbocycles. The highest BCUT2D eigenvalue weighted by atomic mass is 16.5. The van der Waals surface area contributed by atoms with Crippen LogP contribution in [0.4, 0.5) is 0 Å². The highest BCUT2D eigenvalue weighted by molar-refractivity contribution is 5.78. The van der Waals surface area contributed by atoms with E-state index in [2.05, 4.69) is 10.3 Å². The highest BCUT2D eigenvalue weighted by Gasteiger charge is 2.23. The minimum absolute atomic E-state index is 0.00228. The highest BCUT2D eigenvalue weighted by Crippen LogP contribution is 2.18. The van der Waals surface area contributed by atoms with Crippen molar-refractivity contribution in [3.8, 4) is 5.75 Å². The third kappa shape index (κ3) is 4.14. The number of nitrogens with zero attached hydrogens (tertiary/aromatic N) is 1. The van der Waals surface area contributed by atoms with E-state index in [1.165, 1.54) is 4.57 Å². The largest absolute Gasteiger partial charge is 0.484 e. The summed E-state index contributed by atoms with van der Waals surface area (Å²) < 4.78 is 6.70. The van der Waals surface area contributed by atoms with Crippen LogP contribution in [0.2, 0.25) is 0 Å². The fraction of sp³-hybridized carbons (Fsp3) is 0.286. The lowest BCUT2D eigenvalue weighted by Crippen LogP contribution is -2.35. The van der Waals surface area contributed by atoms with Gasteiger partial charge in [-0.1, -0.05) is 24.3 Å². The number of nitrogens with one attached hydrogen (secondary N) is 2. The second-order valence-corrected chi connectivity index (χ2v) is 6.96. The smallest absolute Gasteiger partial charge is 0.328 e. The first-order valence-corrected chi connectivity index (χ1v) is 9.33. The van der Waals surface area contributed by atoms with E-state index in [1.54, 1.807) is 36.4 Å². The van der Waals surface area contributed by atoms with E-state index in [4.69, 9.17) is 4.74 Å². The zero-order chi connectivity index (χ0) is 19.5. The Hall–Kier alpha value is -3.35. The third-order valence-electron chi connectivity index (χ3n) is 4.75. The van der Waals surface area contributed by atoms with Gasteiger partial charge in [0.05, 0.1) is 10.9 Å². The van der Waals surface area contributed by atoms with Gasteiger partial charge in [0.1, 0.15) is 5.75 Å². The summed E-state index contributed by atoms with van der Waals surface area (Å²) in [7, 11) is 0. The van der Waals surface area contributed by atoms with E-state index in [0.717, 1.165) is 18.4 Å². The summed E-state index contributed by atoms with van der Waals surface area (Å²) in [6.07, 6.45) is 2.62. The molecule has 2 N–H and O–H groups in total. The average Bonchev–Trinajstić information content (AvgIpc) is 3.51. The summed E-state index contributed by atoms with van der Waals surface area (Å²) in [6, 6.07) is 14.6. The summed E-state index contributed by atoms with van der Waals surface area (Å²) in [5.74, 6) is 0.497. The Bertz CT molecular complexity index is 1110. The van der Waals surface area contributed by atoms with Gasteiger partial charge < -0.3 is 15.0 Å². The molecule has 0 unspecified atom stereocenters. The summed E-state index contributed by atoms with van der Waals surface area (Å²) in [5, 5.41) is 3.36. The number of amides is 1. The molecule has 28 heavy (non-hydrogen) atoms. The maximum absolute atomic E-state index is 12.5. The first-order valence-electron chi connectivity index (χ1n) is 9.33. The van der Waals surface area contributed by atoms with Gasteiger partial charge in [-0.2, -0.15) is 0 Å². The van der Waals surface area contributed by atoms with E-state index < -0.39 is 5.69 Å². The van der Waals surface area contributed by atoms with Crippen LogP contribution in [0.5, 0.6) is 5.75 Å². The molecular weight excluding hydrogens is 358 g/mol. The van der Waals surface area contributed by atoms with Crippen LogP contribution in [0.1, 0.15) is 18.4 Å². The van der Waals surface area contributed by atoms with E-state index in [0.29, 0.717) is 29.1 Å². The van der Waals surface area contributed by atoms with Gasteiger partial charge in [-0.3, -0.25) is 14.2 Å². The number of benzene rings is 2. The SMILES string of the molecule is O=C(COc1ccc(CCn2c(=O)[nH]c3ccccc3c2=O)cc1)NC1CC1. The lowest BCUT2D eigenvalue weighted by Gasteiger charge is -2.09. The van der Waals surface area contributed by atoms with Crippen LogP contribution < -0.4 is 21.3 Å². The maximum Gasteiger partial charge on any atom is 0.328 e. The molecule has 144 valence electrons. The molecule has 0 radical (unpaired) electrons. The molecule has 0 saturated heterocycles. The van der Waals surface area contributed by atoms with E-state index >= 15 is 0 Å². The number of hydrogen-bond donors (Lipinski definition) is 2. The monoisotopic (exact) mass is 379 g/mol. The number of H-pyrrole nitrogens is 1. The number of aromatic amines is 1. The van der Waals surface area contributed by atoms with Crippen LogP contribution in [0.3, 0.4) is 0 Å². The van der Waals surface area contributed by atoms with Crippen LogP contribution in [0.25, 0.3) is 10.9 Å². The number of aromatic nitrogens is 2. The lowest BCUT2D eigenvalue weighted by atomic mass is 10.1. The number of para-hydroxylation sites is 1. The zero-order valence-electron chi connectivity index (χ0n) is 15.3. The van der Waals surface area contributed by atoms with Crippen molar-refractivity contribution < 1.29 is 9.53 Å². The van der Waals surface area contributed by atoms with Crippen molar-refractivity contribution >= 4 is 16.8 Å². The molecule has 0 aliphatic heterocycles. The van der Waals surface area contributed by atoms with Gasteiger partial charge in [0.25, 0.3) is 11.5 Å². The number of hydrogen-bond acceptors (Lipinski definition) is 4. The molecule has 1 amide bonds. The second-order valence-electron chi connectivity index (χ2n) is 6.96. The Balaban J connectivity index is 1.38. The average molecular weight is 379 g/mol. The molecular formula is C21H21N3O4. The topological polar surface area (TPSA) is 93.2 Å². The minimum atomic E-state index is -0.412. The first-order chi connectivity index (χ1) is 13.6. The molecule has 1 heterocycles. The van der Waals surface area contributed by atoms with Crippen molar-refractivity contribution in [2.45, 2.75) is 31.8 Å². The molecule has 4 rings (SSSR count). The van der Waals surface area contributed by atoms with Gasteiger partial charge >= 0.3 is 5.69 Å². The molecule has 0 atom stereocenters. The molecule has 1 fully saturated rings. The predicted octanol–water partition coefficient (Wildman–Crippen LogP) is 1.59. The maximum atomic E-state index is 12.5. The Labute approximate surface area is 161 Å². The van der Waals surface area contributed by atoms with Gasteiger partial charge in [0.2, 0.25) is 0 Å². The second kappa shape index (κ2) is 7.72. The lowest BCUT2D eigenvalue weighted by molar-refractivity contribution is -0.123. The number of aryl methyl sites for hydroxylation is 1. The van der Waals surface area contributed by atoms with Crippen molar-refractivity contribution in [2.24, 2.45) is 0 Å². The number of carbonyl (C=O) groups is 1. The summed E-state index contributed by atoms with van der Waals surface area (Å²) in [5.41, 5.74) is 0.807. The standard InChI is InChI=1S/C21H21N3O4/c25-19(22-15-7-8-15)13-28-16-9-5-14(6-10-16)11-12-24-20(26)17-3-1-2-4-18(17)23-21(24)27/h1-6,9-10,15H,7-8,11-13H2,(H,22,25)(H,23,27). The number of fused-ring (bicyclic) bond motifs is 1. The van der Waals surface area contributed by atoms with Crippen molar-refractivity contribution in [2.75, 3.05) is 6.61 Å². The van der Waals surface area contributed by atoms with Crippen molar-refractivity contribution in [3.63, 3.8) is 0 Å². The van der Waals surface area contributed by atoms with Crippen molar-refractivity contribution in [3.05, 3.63) is 74.9 Å². The van der Waals surface area contributed by atoms with E-state index in [-0.39, 0.29) is 24.6 Å². The van der Waals surface area contributed by atoms with Gasteiger partial charge in [0, 0.05) is 12.6 Å². The number of carbonyl (C=O) groups excluding carboxylic acids is 1. The fourth-order valence-electron chi connectivity index (χ4n) is 3.04. The molecule has 7 heteroatoms. The molecule has 1 aliphatic carbocycles. The molecule has 0 bridgehead atoms. The molecule has 2 aromatic carbocycles. The van der Waals surface area contributed by atoms with Crippen LogP contribution in [-0.2, 0) is 17.8 Å². The van der Waals surface area contributed by atoms with Gasteiger partial charge in [0.15, 0.2) is 6.61 Å². The normalized spacial score (nSPS) is 13.4. The third-order valence-corrected chi connectivity index (χ3v) is 4.75. The quantitative estimate of drug-likeness (QED) is 0.652. The van der Waals surface area contributed by atoms with Gasteiger partial charge in [-0.25, -0.2) is 4.79 Å². The minimum Gasteiger partial charge on any atom is -0.484 e. The van der Waals surface area contributed by atoms with E-state index in [9.17, 15) is 14.4 Å². The Kier molecular flexibility index (Phi) is 4.97. The number of ether oxygens (including phenoxy) is 1. The van der Waals surface area contributed by atoms with Crippen LogP contribution in [0.15, 0.2) is 58.1 Å². The summed E-state index contributed by atoms with van der Waals surface area (Å²) in [4.78, 5) is 39.1. The predicted molar refractivity (Wildman–Crippen MR) is 106 cm³/mol. The Morgan fingerprint density at radius 1 is 1.11 bits per heavy atom. The Morgan fingerprint density at radius 3 is 2.61 bits per heavy atom. The summed E-state index contributed by atoms with van der Waals surface area (Å²) >= 11 is 0. The van der Waals surface area contributed by atoms with Gasteiger partial charge in [-0.15, -0.1) is 0 Å². The van der Waals surface area contributed by atoms with Crippen LogP contribution in [-0.4, -0.2) is 28.1 Å². The fourth-order valence-corrected chi connectivity index (χ4v) is 3.04. The van der Waals surface area contributed by atoms with Gasteiger partial charge in [-0.05, 0) is 49.1 Å². The molecule has 1 aliphatic rings. The molecule has 0 spiro atoms. The van der Waals surface area contributed by atoms with Crippen molar-refractivity contribution in [1.29, 1.82) is 0 Å². The van der Waals surface area contributed by atoms with Crippen molar-refractivity contribution in [1.82, 2.24) is 14.9 Å². The summed E-state index contributed by atoms with van der Waals surface area (Å²) in [6.45, 7) is 0.278.